The van der Waals surface area contributed by atoms with Gasteiger partial charge in [-0.1, -0.05) is 6.92 Å². The van der Waals surface area contributed by atoms with Crippen LogP contribution >= 0.6 is 0 Å². The summed E-state index contributed by atoms with van der Waals surface area (Å²) in [5, 5.41) is 8.67. The molecule has 19 heavy (non-hydrogen) atoms. The molecule has 116 valence electrons. The van der Waals surface area contributed by atoms with Crippen LogP contribution in [0.4, 0.5) is 0 Å². The molecule has 0 bridgehead atoms. The van der Waals surface area contributed by atoms with Gasteiger partial charge in [0.05, 0.1) is 17.8 Å². The number of aliphatic hydroxyl groups excluding tert-OH is 1. The molecule has 4 heteroatoms. The van der Waals surface area contributed by atoms with Gasteiger partial charge in [0.1, 0.15) is 0 Å². The zero-order valence-electron chi connectivity index (χ0n) is 13.3. The fourth-order valence-corrected chi connectivity index (χ4v) is 1.55. The highest BCUT2D eigenvalue weighted by molar-refractivity contribution is 4.75. The molecule has 4 nitrogen and oxygen atoms in total. The van der Waals surface area contributed by atoms with E-state index in [1.165, 1.54) is 0 Å². The number of methoxy groups -OCH3 is 1. The van der Waals surface area contributed by atoms with Gasteiger partial charge in [0.2, 0.25) is 0 Å². The van der Waals surface area contributed by atoms with Crippen LogP contribution in [0.15, 0.2) is 0 Å². The van der Waals surface area contributed by atoms with Gasteiger partial charge in [-0.15, -0.1) is 0 Å². The maximum Gasteiger partial charge on any atom is 0.0673 e. The summed E-state index contributed by atoms with van der Waals surface area (Å²) in [5.74, 6) is 0. The van der Waals surface area contributed by atoms with Crippen molar-refractivity contribution < 1.29 is 19.3 Å². The molecule has 0 fully saturated rings. The van der Waals surface area contributed by atoms with Crippen LogP contribution in [-0.2, 0) is 14.2 Å². The third kappa shape index (κ3) is 9.38. The lowest BCUT2D eigenvalue weighted by atomic mass is 9.99. The number of ether oxygens (including phenoxy) is 3. The predicted molar refractivity (Wildman–Crippen MR) is 77.5 cm³/mol. The Balaban J connectivity index is 3.88. The van der Waals surface area contributed by atoms with Gasteiger partial charge in [-0.2, -0.15) is 0 Å². The minimum absolute atomic E-state index is 0.133. The lowest BCUT2D eigenvalue weighted by molar-refractivity contribution is -0.0808. The maximum absolute atomic E-state index is 8.67. The first-order valence-corrected chi connectivity index (χ1v) is 7.27. The predicted octanol–water partition coefficient (Wildman–Crippen LogP) is 2.78. The van der Waals surface area contributed by atoms with E-state index in [0.29, 0.717) is 26.2 Å². The van der Waals surface area contributed by atoms with E-state index >= 15 is 0 Å². The zero-order valence-corrected chi connectivity index (χ0v) is 13.3. The van der Waals surface area contributed by atoms with Crippen molar-refractivity contribution in [2.24, 2.45) is 0 Å². The van der Waals surface area contributed by atoms with Gasteiger partial charge in [0.15, 0.2) is 0 Å². The first-order valence-electron chi connectivity index (χ1n) is 7.27. The molecular weight excluding hydrogens is 244 g/mol. The molecule has 0 heterocycles. The first kappa shape index (κ1) is 18.8. The van der Waals surface area contributed by atoms with E-state index in [2.05, 4.69) is 27.7 Å². The second-order valence-electron chi connectivity index (χ2n) is 5.81. The van der Waals surface area contributed by atoms with E-state index in [4.69, 9.17) is 19.3 Å². The van der Waals surface area contributed by atoms with Crippen molar-refractivity contribution in [3.8, 4) is 0 Å². The molecule has 0 aliphatic rings. The van der Waals surface area contributed by atoms with Crippen molar-refractivity contribution in [1.82, 2.24) is 0 Å². The standard InChI is InChI=1S/C15H32O4/c1-6-15(4,9-12-18-11-7-10-16)19-13-8-14(2,3)17-5/h16H,6-13H2,1-5H3. The number of hydrogen-bond acceptors (Lipinski definition) is 4. The Bertz CT molecular complexity index is 218. The third-order valence-electron chi connectivity index (χ3n) is 3.68. The van der Waals surface area contributed by atoms with E-state index < -0.39 is 0 Å². The minimum atomic E-state index is -0.136. The monoisotopic (exact) mass is 276 g/mol. The summed E-state index contributed by atoms with van der Waals surface area (Å²) in [6.45, 7) is 10.6. The van der Waals surface area contributed by atoms with Crippen LogP contribution in [0.1, 0.15) is 53.4 Å². The summed E-state index contributed by atoms with van der Waals surface area (Å²) >= 11 is 0. The SMILES string of the molecule is CCC(C)(CCOCCCO)OCCC(C)(C)OC. The second-order valence-corrected chi connectivity index (χ2v) is 5.81. The molecule has 1 N–H and O–H groups in total. The molecule has 1 atom stereocenters. The summed E-state index contributed by atoms with van der Waals surface area (Å²) in [6, 6.07) is 0. The fraction of sp³-hybridized carbons (Fsp3) is 1.00. The van der Waals surface area contributed by atoms with Crippen LogP contribution in [0.25, 0.3) is 0 Å². The molecule has 0 aromatic carbocycles. The molecule has 0 aromatic rings. The molecule has 0 rings (SSSR count). The largest absolute Gasteiger partial charge is 0.396 e. The average Bonchev–Trinajstić information content (AvgIpc) is 2.38. The van der Waals surface area contributed by atoms with Gasteiger partial charge in [0.25, 0.3) is 0 Å². The van der Waals surface area contributed by atoms with Crippen LogP contribution in [0.3, 0.4) is 0 Å². The summed E-state index contributed by atoms with van der Waals surface area (Å²) in [6.07, 6.45) is 3.42. The molecule has 0 amide bonds. The Morgan fingerprint density at radius 2 is 1.68 bits per heavy atom. The van der Waals surface area contributed by atoms with Gasteiger partial charge < -0.3 is 19.3 Å². The van der Waals surface area contributed by atoms with Gasteiger partial charge in [-0.25, -0.2) is 0 Å². The Kier molecular flexibility index (Phi) is 9.62. The van der Waals surface area contributed by atoms with E-state index in [-0.39, 0.29) is 17.8 Å². The normalized spacial score (nSPS) is 15.5. The highest BCUT2D eigenvalue weighted by Gasteiger charge is 2.24. The average molecular weight is 276 g/mol. The molecule has 0 saturated carbocycles. The Labute approximate surface area is 118 Å². The fourth-order valence-electron chi connectivity index (χ4n) is 1.55. The molecular formula is C15H32O4. The number of aliphatic hydroxyl groups is 1. The highest BCUT2D eigenvalue weighted by atomic mass is 16.5. The third-order valence-corrected chi connectivity index (χ3v) is 3.68. The summed E-state index contributed by atoms with van der Waals surface area (Å²) in [5.41, 5.74) is -0.269. The summed E-state index contributed by atoms with van der Waals surface area (Å²) < 4.78 is 16.9. The highest BCUT2D eigenvalue weighted by Crippen LogP contribution is 2.22. The lowest BCUT2D eigenvalue weighted by Gasteiger charge is -2.31. The smallest absolute Gasteiger partial charge is 0.0673 e. The topological polar surface area (TPSA) is 47.9 Å². The maximum atomic E-state index is 8.67. The molecule has 0 radical (unpaired) electrons. The zero-order chi connectivity index (χ0) is 14.8. The molecule has 0 aliphatic heterocycles. The van der Waals surface area contributed by atoms with Crippen LogP contribution in [-0.4, -0.2) is 49.8 Å². The Morgan fingerprint density at radius 1 is 1.00 bits per heavy atom. The lowest BCUT2D eigenvalue weighted by Crippen LogP contribution is -2.33. The van der Waals surface area contributed by atoms with Gasteiger partial charge in [-0.05, 0) is 46.5 Å². The molecule has 0 spiro atoms. The van der Waals surface area contributed by atoms with Crippen molar-refractivity contribution in [1.29, 1.82) is 0 Å². The molecule has 1 unspecified atom stereocenters. The number of rotatable bonds is 12. The van der Waals surface area contributed by atoms with Crippen LogP contribution in [0.2, 0.25) is 0 Å². The van der Waals surface area contributed by atoms with E-state index in [1.54, 1.807) is 7.11 Å². The van der Waals surface area contributed by atoms with Crippen LogP contribution in [0.5, 0.6) is 0 Å². The van der Waals surface area contributed by atoms with Crippen molar-refractivity contribution >= 4 is 0 Å². The van der Waals surface area contributed by atoms with E-state index in [9.17, 15) is 0 Å². The summed E-state index contributed by atoms with van der Waals surface area (Å²) in [7, 11) is 1.73. The Hall–Kier alpha value is -0.160. The molecule has 0 aliphatic carbocycles. The van der Waals surface area contributed by atoms with Crippen LogP contribution in [0, 0.1) is 0 Å². The number of hydrogen-bond donors (Lipinski definition) is 1. The van der Waals surface area contributed by atoms with Gasteiger partial charge >= 0.3 is 0 Å². The van der Waals surface area contributed by atoms with E-state index in [1.807, 2.05) is 0 Å². The van der Waals surface area contributed by atoms with Gasteiger partial charge in [-0.3, -0.25) is 0 Å². The first-order chi connectivity index (χ1) is 8.89. The molecule has 0 aromatic heterocycles. The minimum Gasteiger partial charge on any atom is -0.396 e. The quantitative estimate of drug-likeness (QED) is 0.557. The van der Waals surface area contributed by atoms with Crippen molar-refractivity contribution in [2.45, 2.75) is 64.6 Å². The molecule has 0 saturated heterocycles. The second kappa shape index (κ2) is 9.70. The van der Waals surface area contributed by atoms with Gasteiger partial charge in [0, 0.05) is 26.9 Å². The van der Waals surface area contributed by atoms with Crippen molar-refractivity contribution in [3.63, 3.8) is 0 Å². The van der Waals surface area contributed by atoms with E-state index in [0.717, 1.165) is 19.3 Å². The Morgan fingerprint density at radius 3 is 2.21 bits per heavy atom. The summed E-state index contributed by atoms with van der Waals surface area (Å²) in [4.78, 5) is 0. The van der Waals surface area contributed by atoms with Crippen molar-refractivity contribution in [3.05, 3.63) is 0 Å². The van der Waals surface area contributed by atoms with Crippen LogP contribution < -0.4 is 0 Å². The van der Waals surface area contributed by atoms with Crippen molar-refractivity contribution in [2.75, 3.05) is 33.5 Å².